The van der Waals surface area contributed by atoms with Crippen molar-refractivity contribution >= 4 is 29.1 Å². The van der Waals surface area contributed by atoms with Crippen molar-refractivity contribution in [3.05, 3.63) is 58.1 Å². The van der Waals surface area contributed by atoms with Crippen molar-refractivity contribution in [1.82, 2.24) is 14.9 Å². The summed E-state index contributed by atoms with van der Waals surface area (Å²) in [5.41, 5.74) is 1.33. The highest BCUT2D eigenvalue weighted by Gasteiger charge is 2.16. The lowest BCUT2D eigenvalue weighted by molar-refractivity contribution is 0.0785. The van der Waals surface area contributed by atoms with Crippen molar-refractivity contribution in [2.45, 2.75) is 6.54 Å². The molecule has 0 bridgehead atoms. The number of pyridine rings is 2. The number of carbonyl (C=O) groups excluding carboxylic acids is 1. The fraction of sp³-hybridized carbons (Fsp3) is 0.154. The fourth-order valence-corrected chi connectivity index (χ4v) is 2.04. The maximum Gasteiger partial charge on any atom is 0.257 e. The number of hydrogen-bond donors (Lipinski definition) is 0. The van der Waals surface area contributed by atoms with Crippen LogP contribution in [0.3, 0.4) is 0 Å². The Balaban J connectivity index is 2.15. The summed E-state index contributed by atoms with van der Waals surface area (Å²) >= 11 is 11.6. The quantitative estimate of drug-likeness (QED) is 0.818. The van der Waals surface area contributed by atoms with Crippen molar-refractivity contribution < 1.29 is 4.79 Å². The number of nitrogens with zero attached hydrogens (tertiary/aromatic N) is 3. The van der Waals surface area contributed by atoms with Crippen LogP contribution in [0.15, 0.2) is 36.7 Å². The van der Waals surface area contributed by atoms with Crippen molar-refractivity contribution in [3.63, 3.8) is 0 Å². The van der Waals surface area contributed by atoms with Crippen LogP contribution in [-0.2, 0) is 6.54 Å². The van der Waals surface area contributed by atoms with Gasteiger partial charge in [-0.2, -0.15) is 0 Å². The van der Waals surface area contributed by atoms with Gasteiger partial charge in [0.15, 0.2) is 0 Å². The molecule has 0 atom stereocenters. The van der Waals surface area contributed by atoms with Crippen LogP contribution < -0.4 is 0 Å². The predicted molar refractivity (Wildman–Crippen MR) is 74.3 cm³/mol. The van der Waals surface area contributed by atoms with Crippen LogP contribution in [-0.4, -0.2) is 27.8 Å². The van der Waals surface area contributed by atoms with Gasteiger partial charge in [-0.1, -0.05) is 23.2 Å². The molecule has 4 nitrogen and oxygen atoms in total. The molecule has 0 aromatic carbocycles. The molecule has 0 saturated carbocycles. The third-order valence-electron chi connectivity index (χ3n) is 2.56. The molecule has 2 heterocycles. The Morgan fingerprint density at radius 2 is 1.89 bits per heavy atom. The number of amides is 1. The average molecular weight is 296 g/mol. The molecule has 0 N–H and O–H groups in total. The van der Waals surface area contributed by atoms with E-state index in [-0.39, 0.29) is 16.2 Å². The summed E-state index contributed by atoms with van der Waals surface area (Å²) in [4.78, 5) is 21.6. The Morgan fingerprint density at radius 3 is 2.53 bits per heavy atom. The molecular formula is C13H11Cl2N3O. The molecule has 0 aliphatic carbocycles. The second-order valence-corrected chi connectivity index (χ2v) is 4.73. The lowest BCUT2D eigenvalue weighted by Gasteiger charge is -2.17. The largest absolute Gasteiger partial charge is 0.337 e. The van der Waals surface area contributed by atoms with Gasteiger partial charge in [0.2, 0.25) is 0 Å². The monoisotopic (exact) mass is 295 g/mol. The van der Waals surface area contributed by atoms with Gasteiger partial charge >= 0.3 is 0 Å². The zero-order valence-electron chi connectivity index (χ0n) is 10.2. The Bertz CT molecular complexity index is 590. The van der Waals surface area contributed by atoms with E-state index in [4.69, 9.17) is 23.2 Å². The molecule has 0 spiro atoms. The molecule has 2 aromatic heterocycles. The molecule has 98 valence electrons. The van der Waals surface area contributed by atoms with Crippen molar-refractivity contribution in [2.24, 2.45) is 0 Å². The van der Waals surface area contributed by atoms with Crippen molar-refractivity contribution in [1.29, 1.82) is 0 Å². The molecule has 6 heteroatoms. The lowest BCUT2D eigenvalue weighted by atomic mass is 10.2. The summed E-state index contributed by atoms with van der Waals surface area (Å²) in [5, 5.41) is 0.373. The van der Waals surface area contributed by atoms with Crippen LogP contribution in [0.4, 0.5) is 0 Å². The summed E-state index contributed by atoms with van der Waals surface area (Å²) in [6.07, 6.45) is 3.37. The third kappa shape index (κ3) is 3.43. The zero-order valence-corrected chi connectivity index (χ0v) is 11.7. The molecule has 0 radical (unpaired) electrons. The van der Waals surface area contributed by atoms with E-state index in [1.807, 2.05) is 12.1 Å². The van der Waals surface area contributed by atoms with E-state index < -0.39 is 0 Å². The Morgan fingerprint density at radius 1 is 1.21 bits per heavy atom. The van der Waals surface area contributed by atoms with Crippen molar-refractivity contribution in [2.75, 3.05) is 7.05 Å². The van der Waals surface area contributed by atoms with Gasteiger partial charge in [0.1, 0.15) is 10.3 Å². The minimum Gasteiger partial charge on any atom is -0.337 e. The highest BCUT2D eigenvalue weighted by molar-refractivity contribution is 6.34. The Hall–Kier alpha value is -1.65. The van der Waals surface area contributed by atoms with Crippen LogP contribution in [0.25, 0.3) is 0 Å². The average Bonchev–Trinajstić information content (AvgIpc) is 2.39. The number of rotatable bonds is 3. The highest BCUT2D eigenvalue weighted by atomic mass is 35.5. The first-order valence-corrected chi connectivity index (χ1v) is 6.30. The Labute approximate surface area is 121 Å². The van der Waals surface area contributed by atoms with Gasteiger partial charge in [-0.15, -0.1) is 0 Å². The van der Waals surface area contributed by atoms with Gasteiger partial charge in [-0.05, 0) is 29.8 Å². The summed E-state index contributed by atoms with van der Waals surface area (Å²) in [5.74, 6) is -0.203. The summed E-state index contributed by atoms with van der Waals surface area (Å²) in [7, 11) is 1.70. The molecule has 0 unspecified atom stereocenters. The molecule has 19 heavy (non-hydrogen) atoms. The molecule has 1 amide bonds. The van der Waals surface area contributed by atoms with Crippen LogP contribution >= 0.6 is 23.2 Å². The van der Waals surface area contributed by atoms with E-state index in [9.17, 15) is 4.79 Å². The fourth-order valence-electron chi connectivity index (χ4n) is 1.61. The molecule has 0 aliphatic rings. The highest BCUT2D eigenvalue weighted by Crippen LogP contribution is 2.18. The van der Waals surface area contributed by atoms with E-state index >= 15 is 0 Å². The first-order valence-electron chi connectivity index (χ1n) is 5.54. The van der Waals surface area contributed by atoms with Crippen LogP contribution in [0.2, 0.25) is 10.3 Å². The molecule has 2 aromatic rings. The zero-order chi connectivity index (χ0) is 13.8. The van der Waals surface area contributed by atoms with Gasteiger partial charge in [-0.3, -0.25) is 9.78 Å². The molecule has 0 fully saturated rings. The summed E-state index contributed by atoms with van der Waals surface area (Å²) < 4.78 is 0. The van der Waals surface area contributed by atoms with Crippen molar-refractivity contribution in [3.8, 4) is 0 Å². The van der Waals surface area contributed by atoms with Crippen LogP contribution in [0.1, 0.15) is 15.9 Å². The van der Waals surface area contributed by atoms with E-state index in [0.29, 0.717) is 12.1 Å². The van der Waals surface area contributed by atoms with Gasteiger partial charge in [-0.25, -0.2) is 4.98 Å². The molecule has 0 saturated heterocycles. The normalized spacial score (nSPS) is 10.3. The maximum absolute atomic E-state index is 12.2. The second kappa shape index (κ2) is 5.99. The first-order chi connectivity index (χ1) is 9.08. The SMILES string of the molecule is CN(Cc1ccncc1)C(=O)c1ccc(Cl)nc1Cl. The second-order valence-electron chi connectivity index (χ2n) is 3.99. The van der Waals surface area contributed by atoms with E-state index in [2.05, 4.69) is 9.97 Å². The van der Waals surface area contributed by atoms with E-state index in [1.165, 1.54) is 0 Å². The lowest BCUT2D eigenvalue weighted by Crippen LogP contribution is -2.26. The number of aromatic nitrogens is 2. The summed E-state index contributed by atoms with van der Waals surface area (Å²) in [6.45, 7) is 0.473. The van der Waals surface area contributed by atoms with E-state index in [1.54, 1.807) is 36.5 Å². The number of hydrogen-bond acceptors (Lipinski definition) is 3. The number of halogens is 2. The van der Waals surface area contributed by atoms with Crippen LogP contribution in [0, 0.1) is 0 Å². The van der Waals surface area contributed by atoms with Gasteiger partial charge in [0.25, 0.3) is 5.91 Å². The molecule has 2 rings (SSSR count). The van der Waals surface area contributed by atoms with Gasteiger partial charge in [0.05, 0.1) is 5.56 Å². The molecular weight excluding hydrogens is 285 g/mol. The topological polar surface area (TPSA) is 46.1 Å². The van der Waals surface area contributed by atoms with Crippen LogP contribution in [0.5, 0.6) is 0 Å². The van der Waals surface area contributed by atoms with Gasteiger partial charge < -0.3 is 4.90 Å². The molecule has 0 aliphatic heterocycles. The summed E-state index contributed by atoms with van der Waals surface area (Å²) in [6, 6.07) is 6.82. The third-order valence-corrected chi connectivity index (χ3v) is 3.06. The first kappa shape index (κ1) is 13.8. The minimum atomic E-state index is -0.203. The predicted octanol–water partition coefficient (Wildman–Crippen LogP) is 3.06. The van der Waals surface area contributed by atoms with Gasteiger partial charge in [0, 0.05) is 26.0 Å². The Kier molecular flexibility index (Phi) is 4.35. The standard InChI is InChI=1S/C13H11Cl2N3O/c1-18(8-9-4-6-16-7-5-9)13(19)10-2-3-11(14)17-12(10)15/h2-7H,8H2,1H3. The van der Waals surface area contributed by atoms with E-state index in [0.717, 1.165) is 5.56 Å². The number of carbonyl (C=O) groups is 1. The maximum atomic E-state index is 12.2. The smallest absolute Gasteiger partial charge is 0.257 e. The minimum absolute atomic E-state index is 0.110.